The molecule has 1 aromatic carbocycles. The van der Waals surface area contributed by atoms with Gasteiger partial charge in [0.2, 0.25) is 0 Å². The number of thiazole rings is 1. The van der Waals surface area contributed by atoms with Crippen LogP contribution in [0.2, 0.25) is 0 Å². The quantitative estimate of drug-likeness (QED) is 0.848. The number of benzene rings is 1. The van der Waals surface area contributed by atoms with Gasteiger partial charge in [-0.05, 0) is 43.7 Å². The van der Waals surface area contributed by atoms with Crippen LogP contribution in [0.5, 0.6) is 0 Å². The highest BCUT2D eigenvalue weighted by Crippen LogP contribution is 2.30. The topological polar surface area (TPSA) is 46.4 Å². The summed E-state index contributed by atoms with van der Waals surface area (Å²) >= 11 is 1.83. The molecule has 1 saturated heterocycles. The summed E-state index contributed by atoms with van der Waals surface area (Å²) in [4.78, 5) is 18.7. The Morgan fingerprint density at radius 2 is 2.00 bits per heavy atom. The lowest BCUT2D eigenvalue weighted by atomic mass is 9.89. The van der Waals surface area contributed by atoms with E-state index < -0.39 is 0 Å². The van der Waals surface area contributed by atoms with E-state index in [1.807, 2.05) is 11.3 Å². The molecule has 1 amide bonds. The van der Waals surface area contributed by atoms with Gasteiger partial charge in [0.15, 0.2) is 6.54 Å². The van der Waals surface area contributed by atoms with E-state index in [-0.39, 0.29) is 5.91 Å². The number of hydrogen-bond acceptors (Lipinski definition) is 3. The molecule has 1 aliphatic heterocycles. The van der Waals surface area contributed by atoms with Gasteiger partial charge in [0.05, 0.1) is 29.2 Å². The van der Waals surface area contributed by atoms with Crippen molar-refractivity contribution < 1.29 is 9.69 Å². The highest BCUT2D eigenvalue weighted by Gasteiger charge is 2.28. The third-order valence-corrected chi connectivity index (χ3v) is 7.20. The van der Waals surface area contributed by atoms with Crippen LogP contribution in [-0.4, -0.2) is 37.1 Å². The lowest BCUT2D eigenvalue weighted by molar-refractivity contribution is -0.898. The van der Waals surface area contributed by atoms with Crippen LogP contribution in [-0.2, 0) is 4.79 Å². The van der Waals surface area contributed by atoms with Crippen LogP contribution in [0.15, 0.2) is 24.3 Å². The fourth-order valence-electron chi connectivity index (χ4n) is 4.53. The van der Waals surface area contributed by atoms with E-state index in [0.29, 0.717) is 18.4 Å². The van der Waals surface area contributed by atoms with Gasteiger partial charge in [-0.15, -0.1) is 11.3 Å². The second-order valence-corrected chi connectivity index (χ2v) is 9.11. The number of para-hydroxylation sites is 1. The lowest BCUT2D eigenvalue weighted by Gasteiger charge is -2.28. The Labute approximate surface area is 160 Å². The molecule has 1 aliphatic carbocycles. The van der Waals surface area contributed by atoms with Crippen LogP contribution < -0.4 is 10.2 Å². The summed E-state index contributed by atoms with van der Waals surface area (Å²) in [5.74, 6) is 1.44. The average molecular weight is 373 g/mol. The predicted octanol–water partition coefficient (Wildman–Crippen LogP) is 2.76. The molecule has 1 unspecified atom stereocenters. The number of amides is 1. The highest BCUT2D eigenvalue weighted by molar-refractivity contribution is 7.18. The molecule has 0 bridgehead atoms. The molecule has 2 fully saturated rings. The van der Waals surface area contributed by atoms with Gasteiger partial charge in [-0.25, -0.2) is 4.98 Å². The number of carbonyl (C=O) groups excluding carboxylic acids is 1. The van der Waals surface area contributed by atoms with E-state index in [1.54, 1.807) is 0 Å². The molecular formula is C21H30N3OS+. The van der Waals surface area contributed by atoms with E-state index in [0.717, 1.165) is 25.2 Å². The Morgan fingerprint density at radius 1 is 1.15 bits per heavy atom. The molecule has 4 rings (SSSR count). The molecule has 4 nitrogen and oxygen atoms in total. The van der Waals surface area contributed by atoms with Gasteiger partial charge in [0.1, 0.15) is 5.01 Å². The van der Waals surface area contributed by atoms with Gasteiger partial charge in [0, 0.05) is 6.54 Å². The van der Waals surface area contributed by atoms with Crippen molar-refractivity contribution in [2.75, 3.05) is 26.2 Å². The van der Waals surface area contributed by atoms with E-state index in [2.05, 4.69) is 29.6 Å². The first-order valence-corrected chi connectivity index (χ1v) is 11.1. The zero-order chi connectivity index (χ0) is 17.8. The number of nitrogens with zero attached hydrogens (tertiary/aromatic N) is 1. The first-order chi connectivity index (χ1) is 12.8. The van der Waals surface area contributed by atoms with Gasteiger partial charge >= 0.3 is 0 Å². The summed E-state index contributed by atoms with van der Waals surface area (Å²) in [5.41, 5.74) is 1.12. The molecule has 140 valence electrons. The molecular weight excluding hydrogens is 342 g/mol. The van der Waals surface area contributed by atoms with Gasteiger partial charge in [0.25, 0.3) is 5.91 Å². The number of hydrogen-bond donors (Lipinski definition) is 2. The van der Waals surface area contributed by atoms with Crippen LogP contribution in [0.3, 0.4) is 0 Å². The molecule has 2 atom stereocenters. The molecule has 2 aliphatic rings. The predicted molar refractivity (Wildman–Crippen MR) is 107 cm³/mol. The Bertz CT molecular complexity index is 705. The second-order valence-electron chi connectivity index (χ2n) is 8.05. The van der Waals surface area contributed by atoms with Crippen LogP contribution >= 0.6 is 11.3 Å². The monoisotopic (exact) mass is 372 g/mol. The van der Waals surface area contributed by atoms with Crippen molar-refractivity contribution in [1.82, 2.24) is 10.3 Å². The third-order valence-electron chi connectivity index (χ3n) is 6.00. The minimum Gasteiger partial charge on any atom is -0.351 e. The summed E-state index contributed by atoms with van der Waals surface area (Å²) in [6, 6.07) is 8.39. The maximum Gasteiger partial charge on any atom is 0.275 e. The van der Waals surface area contributed by atoms with Crippen LogP contribution in [0.4, 0.5) is 0 Å². The molecule has 2 heterocycles. The maximum atomic E-state index is 12.4. The Balaban J connectivity index is 1.29. The second kappa shape index (κ2) is 8.49. The Morgan fingerprint density at radius 3 is 2.85 bits per heavy atom. The molecule has 2 aromatic rings. The van der Waals surface area contributed by atoms with Crippen molar-refractivity contribution in [3.05, 3.63) is 29.3 Å². The number of nitrogens with one attached hydrogen (secondary N) is 2. The van der Waals surface area contributed by atoms with Crippen LogP contribution in [0.1, 0.15) is 55.9 Å². The zero-order valence-corrected chi connectivity index (χ0v) is 16.3. The first-order valence-electron chi connectivity index (χ1n) is 10.2. The highest BCUT2D eigenvalue weighted by atomic mass is 32.1. The molecule has 26 heavy (non-hydrogen) atoms. The normalized spacial score (nSPS) is 24.6. The Kier molecular flexibility index (Phi) is 5.85. The third kappa shape index (κ3) is 4.44. The number of carbonyl (C=O) groups is 1. The summed E-state index contributed by atoms with van der Waals surface area (Å²) in [6.45, 7) is 3.65. The van der Waals surface area contributed by atoms with Crippen molar-refractivity contribution in [3.8, 4) is 0 Å². The summed E-state index contributed by atoms with van der Waals surface area (Å²) in [5, 5.41) is 4.46. The largest absolute Gasteiger partial charge is 0.351 e. The average Bonchev–Trinajstić information content (AvgIpc) is 3.12. The molecule has 2 N–H and O–H groups in total. The lowest BCUT2D eigenvalue weighted by Crippen LogP contribution is -3.14. The number of likely N-dealkylation sites (tertiary alicyclic amines) is 1. The Hall–Kier alpha value is -1.46. The van der Waals surface area contributed by atoms with E-state index >= 15 is 0 Å². The number of aromatic nitrogens is 1. The summed E-state index contributed by atoms with van der Waals surface area (Å²) < 4.78 is 1.28. The minimum absolute atomic E-state index is 0.232. The van der Waals surface area contributed by atoms with Crippen molar-refractivity contribution >= 4 is 27.5 Å². The van der Waals surface area contributed by atoms with Crippen LogP contribution in [0, 0.1) is 5.92 Å². The fraction of sp³-hybridized carbons (Fsp3) is 0.619. The molecule has 0 spiro atoms. The van der Waals surface area contributed by atoms with Crippen molar-refractivity contribution in [3.63, 3.8) is 0 Å². The maximum absolute atomic E-state index is 12.4. The number of quaternary nitrogens is 1. The van der Waals surface area contributed by atoms with Crippen LogP contribution in [0.25, 0.3) is 10.2 Å². The van der Waals surface area contributed by atoms with E-state index in [1.165, 1.54) is 59.6 Å². The van der Waals surface area contributed by atoms with E-state index in [9.17, 15) is 4.79 Å². The molecule has 5 heteroatoms. The number of rotatable bonds is 5. The van der Waals surface area contributed by atoms with Gasteiger partial charge < -0.3 is 10.2 Å². The molecule has 1 saturated carbocycles. The molecule has 1 aromatic heterocycles. The van der Waals surface area contributed by atoms with Gasteiger partial charge in [-0.3, -0.25) is 4.79 Å². The SMILES string of the molecule is O=C(C[NH+]1CCC[C@@H](c2nc3ccccc3s2)C1)NCC1CCCCC1. The zero-order valence-electron chi connectivity index (χ0n) is 15.5. The van der Waals surface area contributed by atoms with Crippen molar-refractivity contribution in [2.24, 2.45) is 5.92 Å². The smallest absolute Gasteiger partial charge is 0.275 e. The first kappa shape index (κ1) is 17.9. The number of fused-ring (bicyclic) bond motifs is 1. The standard InChI is InChI=1S/C21H29N3OS/c25-20(22-13-16-7-2-1-3-8-16)15-24-12-6-9-17(14-24)21-23-18-10-4-5-11-19(18)26-21/h4-5,10-11,16-17H,1-3,6-9,12-15H2,(H,22,25)/p+1/t17-/m1/s1. The fourth-order valence-corrected chi connectivity index (χ4v) is 5.63. The van der Waals surface area contributed by atoms with E-state index in [4.69, 9.17) is 4.98 Å². The van der Waals surface area contributed by atoms with Gasteiger partial charge in [-0.1, -0.05) is 31.4 Å². The van der Waals surface area contributed by atoms with Crippen molar-refractivity contribution in [1.29, 1.82) is 0 Å². The van der Waals surface area contributed by atoms with Crippen molar-refractivity contribution in [2.45, 2.75) is 50.9 Å². The number of piperidine rings is 1. The minimum atomic E-state index is 0.232. The summed E-state index contributed by atoms with van der Waals surface area (Å²) in [7, 11) is 0. The molecule has 0 radical (unpaired) electrons. The summed E-state index contributed by atoms with van der Waals surface area (Å²) in [6.07, 6.45) is 9.00. The van der Waals surface area contributed by atoms with Gasteiger partial charge in [-0.2, -0.15) is 0 Å².